The van der Waals surface area contributed by atoms with Crippen molar-refractivity contribution in [1.82, 2.24) is 10.2 Å². The number of carboxylic acids is 1. The van der Waals surface area contributed by atoms with Crippen molar-refractivity contribution in [3.8, 4) is 0 Å². The quantitative estimate of drug-likeness (QED) is 0.758. The van der Waals surface area contributed by atoms with Gasteiger partial charge in [0.1, 0.15) is 6.04 Å². The molecule has 122 valence electrons. The molecule has 0 saturated carbocycles. The Morgan fingerprint density at radius 2 is 2.00 bits per heavy atom. The van der Waals surface area contributed by atoms with Crippen molar-refractivity contribution < 1.29 is 14.7 Å². The highest BCUT2D eigenvalue weighted by Gasteiger charge is 2.24. The van der Waals surface area contributed by atoms with Gasteiger partial charge in [-0.1, -0.05) is 39.5 Å². The van der Waals surface area contributed by atoms with Gasteiger partial charge in [0.05, 0.1) is 0 Å². The maximum Gasteiger partial charge on any atom is 0.326 e. The SMILES string of the molecule is CCCCC(NC(=O)N1CCCC(CCC)CC1)C(=O)O. The molecule has 0 aromatic heterocycles. The molecule has 0 aliphatic carbocycles. The van der Waals surface area contributed by atoms with Crippen LogP contribution >= 0.6 is 0 Å². The number of carbonyl (C=O) groups is 2. The zero-order valence-corrected chi connectivity index (χ0v) is 13.4. The van der Waals surface area contributed by atoms with Crippen molar-refractivity contribution in [2.45, 2.75) is 71.3 Å². The number of carboxylic acid groups (broad SMARTS) is 1. The molecule has 0 spiro atoms. The number of carbonyl (C=O) groups excluding carboxylic acids is 1. The van der Waals surface area contributed by atoms with Crippen molar-refractivity contribution in [1.29, 1.82) is 0 Å². The molecule has 5 heteroatoms. The molecule has 0 radical (unpaired) electrons. The van der Waals surface area contributed by atoms with Gasteiger partial charge in [0.25, 0.3) is 0 Å². The molecule has 2 amide bonds. The van der Waals surface area contributed by atoms with Crippen LogP contribution in [-0.4, -0.2) is 41.1 Å². The van der Waals surface area contributed by atoms with Crippen LogP contribution in [0, 0.1) is 5.92 Å². The van der Waals surface area contributed by atoms with E-state index in [2.05, 4.69) is 12.2 Å². The van der Waals surface area contributed by atoms with Gasteiger partial charge in [0.2, 0.25) is 0 Å². The summed E-state index contributed by atoms with van der Waals surface area (Å²) in [6.45, 7) is 5.70. The molecule has 1 rings (SSSR count). The summed E-state index contributed by atoms with van der Waals surface area (Å²) in [5.41, 5.74) is 0. The number of urea groups is 1. The highest BCUT2D eigenvalue weighted by molar-refractivity contribution is 5.82. The number of rotatable bonds is 7. The van der Waals surface area contributed by atoms with Crippen molar-refractivity contribution in [3.63, 3.8) is 0 Å². The normalized spacial score (nSPS) is 20.7. The van der Waals surface area contributed by atoms with Crippen molar-refractivity contribution in [3.05, 3.63) is 0 Å². The first-order valence-electron chi connectivity index (χ1n) is 8.36. The Labute approximate surface area is 128 Å². The molecular weight excluding hydrogens is 268 g/mol. The van der Waals surface area contributed by atoms with Crippen molar-refractivity contribution in [2.75, 3.05) is 13.1 Å². The zero-order chi connectivity index (χ0) is 15.7. The number of amides is 2. The molecule has 1 aliphatic rings. The number of aliphatic carboxylic acids is 1. The van der Waals surface area contributed by atoms with Crippen LogP contribution in [0.5, 0.6) is 0 Å². The number of likely N-dealkylation sites (tertiary alicyclic amines) is 1. The topological polar surface area (TPSA) is 69.6 Å². The largest absolute Gasteiger partial charge is 0.480 e. The smallest absolute Gasteiger partial charge is 0.326 e. The summed E-state index contributed by atoms with van der Waals surface area (Å²) >= 11 is 0. The lowest BCUT2D eigenvalue weighted by Gasteiger charge is -2.24. The van der Waals surface area contributed by atoms with Gasteiger partial charge in [0, 0.05) is 13.1 Å². The fourth-order valence-electron chi connectivity index (χ4n) is 2.97. The lowest BCUT2D eigenvalue weighted by Crippen LogP contribution is -2.48. The summed E-state index contributed by atoms with van der Waals surface area (Å²) in [7, 11) is 0. The maximum atomic E-state index is 12.2. The van der Waals surface area contributed by atoms with E-state index in [9.17, 15) is 14.7 Å². The molecule has 0 aromatic carbocycles. The second-order valence-electron chi connectivity index (χ2n) is 6.06. The Bertz CT molecular complexity index is 333. The predicted octanol–water partition coefficient (Wildman–Crippen LogP) is 3.24. The molecule has 2 atom stereocenters. The van der Waals surface area contributed by atoms with E-state index in [1.54, 1.807) is 4.90 Å². The molecule has 2 N–H and O–H groups in total. The molecule has 0 aromatic rings. The van der Waals surface area contributed by atoms with E-state index in [0.29, 0.717) is 12.3 Å². The first kappa shape index (κ1) is 17.8. The number of nitrogens with zero attached hydrogens (tertiary/aromatic N) is 1. The lowest BCUT2D eigenvalue weighted by molar-refractivity contribution is -0.139. The molecular formula is C16H30N2O3. The van der Waals surface area contributed by atoms with E-state index >= 15 is 0 Å². The standard InChI is InChI=1S/C16H30N2O3/c1-3-5-9-14(15(19)20)17-16(21)18-11-6-8-13(7-4-2)10-12-18/h13-14H,3-12H2,1-2H3,(H,17,21)(H,19,20). The summed E-state index contributed by atoms with van der Waals surface area (Å²) in [5.74, 6) is -0.223. The molecule has 1 heterocycles. The van der Waals surface area contributed by atoms with Gasteiger partial charge in [-0.3, -0.25) is 0 Å². The minimum atomic E-state index is -0.935. The molecule has 1 saturated heterocycles. The molecule has 1 aliphatic heterocycles. The summed E-state index contributed by atoms with van der Waals surface area (Å²) in [5, 5.41) is 11.9. The van der Waals surface area contributed by atoms with Crippen molar-refractivity contribution in [2.24, 2.45) is 5.92 Å². The minimum Gasteiger partial charge on any atom is -0.480 e. The molecule has 5 nitrogen and oxygen atoms in total. The first-order chi connectivity index (χ1) is 10.1. The van der Waals surface area contributed by atoms with Crippen LogP contribution in [0.2, 0.25) is 0 Å². The second kappa shape index (κ2) is 9.64. The van der Waals surface area contributed by atoms with E-state index in [4.69, 9.17) is 0 Å². The molecule has 0 bridgehead atoms. The maximum absolute atomic E-state index is 12.2. The summed E-state index contributed by atoms with van der Waals surface area (Å²) in [4.78, 5) is 25.2. The van der Waals surface area contributed by atoms with Gasteiger partial charge >= 0.3 is 12.0 Å². The Morgan fingerprint density at radius 3 is 2.62 bits per heavy atom. The van der Waals surface area contributed by atoms with Crippen LogP contribution in [0.4, 0.5) is 4.79 Å². The Kier molecular flexibility index (Phi) is 8.16. The van der Waals surface area contributed by atoms with E-state index < -0.39 is 12.0 Å². The van der Waals surface area contributed by atoms with Gasteiger partial charge in [-0.25, -0.2) is 9.59 Å². The monoisotopic (exact) mass is 298 g/mol. The van der Waals surface area contributed by atoms with Crippen molar-refractivity contribution >= 4 is 12.0 Å². The van der Waals surface area contributed by atoms with Gasteiger partial charge in [-0.15, -0.1) is 0 Å². The summed E-state index contributed by atoms with van der Waals surface area (Å²) < 4.78 is 0. The zero-order valence-electron chi connectivity index (χ0n) is 13.4. The van der Waals surface area contributed by atoms with Crippen LogP contribution in [-0.2, 0) is 4.79 Å². The Balaban J connectivity index is 2.47. The predicted molar refractivity (Wildman–Crippen MR) is 83.3 cm³/mol. The van der Waals surface area contributed by atoms with E-state index in [0.717, 1.165) is 38.8 Å². The summed E-state index contributed by atoms with van der Waals surface area (Å²) in [6.07, 6.45) is 7.90. The number of hydrogen-bond donors (Lipinski definition) is 2. The van der Waals surface area contributed by atoms with Crippen LogP contribution in [0.25, 0.3) is 0 Å². The third-order valence-corrected chi connectivity index (χ3v) is 4.27. The number of hydrogen-bond acceptors (Lipinski definition) is 2. The minimum absolute atomic E-state index is 0.212. The number of nitrogens with one attached hydrogen (secondary N) is 1. The van der Waals surface area contributed by atoms with Gasteiger partial charge in [0.15, 0.2) is 0 Å². The first-order valence-corrected chi connectivity index (χ1v) is 8.36. The summed E-state index contributed by atoms with van der Waals surface area (Å²) in [6, 6.07) is -0.970. The third-order valence-electron chi connectivity index (χ3n) is 4.27. The highest BCUT2D eigenvalue weighted by atomic mass is 16.4. The highest BCUT2D eigenvalue weighted by Crippen LogP contribution is 2.22. The average molecular weight is 298 g/mol. The van der Waals surface area contributed by atoms with Crippen LogP contribution in [0.3, 0.4) is 0 Å². The van der Waals surface area contributed by atoms with E-state index in [1.807, 2.05) is 6.92 Å². The van der Waals surface area contributed by atoms with E-state index in [1.165, 1.54) is 19.3 Å². The van der Waals surface area contributed by atoms with Crippen LogP contribution in [0.1, 0.15) is 65.2 Å². The third kappa shape index (κ3) is 6.36. The Morgan fingerprint density at radius 1 is 1.24 bits per heavy atom. The molecule has 2 unspecified atom stereocenters. The number of unbranched alkanes of at least 4 members (excludes halogenated alkanes) is 1. The second-order valence-corrected chi connectivity index (χ2v) is 6.06. The average Bonchev–Trinajstić information content (AvgIpc) is 2.69. The van der Waals surface area contributed by atoms with Crippen LogP contribution < -0.4 is 5.32 Å². The lowest BCUT2D eigenvalue weighted by atomic mass is 9.96. The fourth-order valence-corrected chi connectivity index (χ4v) is 2.97. The van der Waals surface area contributed by atoms with Gasteiger partial charge < -0.3 is 15.3 Å². The molecule has 1 fully saturated rings. The van der Waals surface area contributed by atoms with Gasteiger partial charge in [-0.05, 0) is 31.6 Å². The molecule has 21 heavy (non-hydrogen) atoms. The fraction of sp³-hybridized carbons (Fsp3) is 0.875. The van der Waals surface area contributed by atoms with Crippen LogP contribution in [0.15, 0.2) is 0 Å². The Hall–Kier alpha value is -1.26. The van der Waals surface area contributed by atoms with Gasteiger partial charge in [-0.2, -0.15) is 0 Å². The van der Waals surface area contributed by atoms with E-state index in [-0.39, 0.29) is 6.03 Å².